The number of methoxy groups -OCH3 is 1. The lowest BCUT2D eigenvalue weighted by molar-refractivity contribution is 0.415. The highest BCUT2D eigenvalue weighted by atomic mass is 79.9. The van der Waals surface area contributed by atoms with Crippen molar-refractivity contribution in [3.63, 3.8) is 0 Å². The summed E-state index contributed by atoms with van der Waals surface area (Å²) in [6.07, 6.45) is 0. The molecule has 106 valence electrons. The van der Waals surface area contributed by atoms with E-state index in [1.165, 1.54) is 0 Å². The molecule has 0 aliphatic carbocycles. The average molecular weight is 343 g/mol. The molecule has 0 radical (unpaired) electrons. The van der Waals surface area contributed by atoms with Crippen LogP contribution in [0.25, 0.3) is 10.9 Å². The molecule has 3 aromatic rings. The molecule has 0 aliphatic rings. The molecule has 3 nitrogen and oxygen atoms in total. The molecule has 1 N–H and O–H groups in total. The van der Waals surface area contributed by atoms with Crippen molar-refractivity contribution in [2.24, 2.45) is 0 Å². The fourth-order valence-corrected chi connectivity index (χ4v) is 2.73. The minimum absolute atomic E-state index is 0.846. The lowest BCUT2D eigenvalue weighted by Gasteiger charge is -2.12. The van der Waals surface area contributed by atoms with Crippen LogP contribution in [0.5, 0.6) is 5.75 Å². The first kappa shape index (κ1) is 13.9. The summed E-state index contributed by atoms with van der Waals surface area (Å²) in [5.74, 6) is 0.846. The maximum atomic E-state index is 5.18. The van der Waals surface area contributed by atoms with Crippen molar-refractivity contribution in [3.8, 4) is 5.75 Å². The number of ether oxygens (including phenoxy) is 1. The van der Waals surface area contributed by atoms with Gasteiger partial charge >= 0.3 is 0 Å². The predicted molar refractivity (Wildman–Crippen MR) is 90.5 cm³/mol. The Bertz CT molecular complexity index is 785. The molecule has 3 rings (SSSR count). The molecule has 0 fully saturated rings. The highest BCUT2D eigenvalue weighted by Crippen LogP contribution is 2.30. The van der Waals surface area contributed by atoms with Gasteiger partial charge in [0.1, 0.15) is 5.75 Å². The Hall–Kier alpha value is -2.07. The van der Waals surface area contributed by atoms with Gasteiger partial charge in [0.05, 0.1) is 12.6 Å². The summed E-state index contributed by atoms with van der Waals surface area (Å²) in [5, 5.41) is 4.54. The molecule has 1 aromatic heterocycles. The first-order valence-corrected chi connectivity index (χ1v) is 7.43. The van der Waals surface area contributed by atoms with Crippen molar-refractivity contribution < 1.29 is 4.74 Å². The topological polar surface area (TPSA) is 34.1 Å². The molecule has 0 atom stereocenters. The minimum atomic E-state index is 0.846. The van der Waals surface area contributed by atoms with E-state index in [1.807, 2.05) is 43.3 Å². The Kier molecular flexibility index (Phi) is 3.80. The summed E-state index contributed by atoms with van der Waals surface area (Å²) < 4.78 is 6.18. The largest absolute Gasteiger partial charge is 0.497 e. The van der Waals surface area contributed by atoms with E-state index in [2.05, 4.69) is 38.4 Å². The van der Waals surface area contributed by atoms with Crippen molar-refractivity contribution in [1.29, 1.82) is 0 Å². The summed E-state index contributed by atoms with van der Waals surface area (Å²) in [6, 6.07) is 16.0. The second-order valence-electron chi connectivity index (χ2n) is 4.80. The highest BCUT2D eigenvalue weighted by Gasteiger charge is 2.07. The van der Waals surface area contributed by atoms with E-state index in [9.17, 15) is 0 Å². The first-order chi connectivity index (χ1) is 10.2. The highest BCUT2D eigenvalue weighted by molar-refractivity contribution is 9.10. The molecule has 4 heteroatoms. The lowest BCUT2D eigenvalue weighted by Crippen LogP contribution is -1.95. The van der Waals surface area contributed by atoms with E-state index in [0.717, 1.165) is 38.2 Å². The van der Waals surface area contributed by atoms with E-state index in [-0.39, 0.29) is 0 Å². The third-order valence-corrected chi connectivity index (χ3v) is 3.93. The van der Waals surface area contributed by atoms with Crippen LogP contribution in [0.3, 0.4) is 0 Å². The number of para-hydroxylation sites is 1. The number of benzene rings is 2. The summed E-state index contributed by atoms with van der Waals surface area (Å²) >= 11 is 3.56. The van der Waals surface area contributed by atoms with Gasteiger partial charge in [0.25, 0.3) is 0 Å². The van der Waals surface area contributed by atoms with Crippen molar-refractivity contribution >= 4 is 38.2 Å². The summed E-state index contributed by atoms with van der Waals surface area (Å²) in [5.41, 5.74) is 4.01. The zero-order valence-electron chi connectivity index (χ0n) is 11.9. The molecule has 0 saturated carbocycles. The Morgan fingerprint density at radius 3 is 2.57 bits per heavy atom. The van der Waals surface area contributed by atoms with Crippen molar-refractivity contribution in [1.82, 2.24) is 4.98 Å². The first-order valence-electron chi connectivity index (χ1n) is 6.64. The Balaban J connectivity index is 2.05. The smallest absolute Gasteiger partial charge is 0.119 e. The molecule has 1 heterocycles. The van der Waals surface area contributed by atoms with Gasteiger partial charge in [-0.15, -0.1) is 0 Å². The molecular weight excluding hydrogens is 328 g/mol. The maximum Gasteiger partial charge on any atom is 0.119 e. The van der Waals surface area contributed by atoms with Crippen LogP contribution < -0.4 is 10.1 Å². The fraction of sp³-hybridized carbons (Fsp3) is 0.118. The summed E-state index contributed by atoms with van der Waals surface area (Å²) in [6.45, 7) is 2.00. The van der Waals surface area contributed by atoms with E-state index in [4.69, 9.17) is 4.74 Å². The van der Waals surface area contributed by atoms with Gasteiger partial charge < -0.3 is 10.1 Å². The molecule has 0 spiro atoms. The summed E-state index contributed by atoms with van der Waals surface area (Å²) in [4.78, 5) is 4.60. The van der Waals surface area contributed by atoms with Gasteiger partial charge in [-0.25, -0.2) is 0 Å². The quantitative estimate of drug-likeness (QED) is 0.722. The molecule has 0 bridgehead atoms. The van der Waals surface area contributed by atoms with Gasteiger partial charge in [-0.1, -0.05) is 12.1 Å². The minimum Gasteiger partial charge on any atom is -0.497 e. The van der Waals surface area contributed by atoms with Gasteiger partial charge in [-0.3, -0.25) is 4.98 Å². The predicted octanol–water partition coefficient (Wildman–Crippen LogP) is 5.06. The fourth-order valence-electron chi connectivity index (χ4n) is 2.27. The van der Waals surface area contributed by atoms with Crippen LogP contribution >= 0.6 is 15.9 Å². The van der Waals surface area contributed by atoms with Gasteiger partial charge in [-0.05, 0) is 59.3 Å². The number of hydrogen-bond acceptors (Lipinski definition) is 3. The Morgan fingerprint density at radius 1 is 1.10 bits per heavy atom. The number of rotatable bonds is 3. The standard InChI is InChI=1S/C17H15BrN2O/c1-11-10-16(14-4-3-5-15(18)17(14)19-11)20-12-6-8-13(21-2)9-7-12/h3-10H,1-2H3,(H,19,20). The SMILES string of the molecule is COc1ccc(Nc2cc(C)nc3c(Br)cccc23)cc1. The zero-order chi connectivity index (χ0) is 14.8. The molecule has 0 amide bonds. The monoisotopic (exact) mass is 342 g/mol. The van der Waals surface area contributed by atoms with E-state index in [0.29, 0.717) is 0 Å². The van der Waals surface area contributed by atoms with E-state index in [1.54, 1.807) is 7.11 Å². The van der Waals surface area contributed by atoms with Gasteiger partial charge in [-0.2, -0.15) is 0 Å². The normalized spacial score (nSPS) is 10.6. The maximum absolute atomic E-state index is 5.18. The second-order valence-corrected chi connectivity index (χ2v) is 5.66. The Labute approximate surface area is 132 Å². The molecule has 0 unspecified atom stereocenters. The van der Waals surface area contributed by atoms with Gasteiger partial charge in [0, 0.05) is 26.9 Å². The second kappa shape index (κ2) is 5.74. The van der Waals surface area contributed by atoms with Crippen LogP contribution in [-0.4, -0.2) is 12.1 Å². The van der Waals surface area contributed by atoms with Crippen molar-refractivity contribution in [2.45, 2.75) is 6.92 Å². The number of nitrogens with zero attached hydrogens (tertiary/aromatic N) is 1. The van der Waals surface area contributed by atoms with Gasteiger partial charge in [0.15, 0.2) is 0 Å². The number of aromatic nitrogens is 1. The van der Waals surface area contributed by atoms with E-state index >= 15 is 0 Å². The third kappa shape index (κ3) is 2.85. The lowest BCUT2D eigenvalue weighted by atomic mass is 10.1. The number of nitrogens with one attached hydrogen (secondary N) is 1. The molecule has 2 aromatic carbocycles. The Morgan fingerprint density at radius 2 is 1.86 bits per heavy atom. The number of pyridine rings is 1. The molecular formula is C17H15BrN2O. The summed E-state index contributed by atoms with van der Waals surface area (Å²) in [7, 11) is 1.67. The number of aryl methyl sites for hydroxylation is 1. The average Bonchev–Trinajstić information content (AvgIpc) is 2.49. The third-order valence-electron chi connectivity index (χ3n) is 3.29. The van der Waals surface area contributed by atoms with Crippen LogP contribution in [0.2, 0.25) is 0 Å². The molecule has 0 aliphatic heterocycles. The van der Waals surface area contributed by atoms with E-state index < -0.39 is 0 Å². The van der Waals surface area contributed by atoms with Gasteiger partial charge in [0.2, 0.25) is 0 Å². The van der Waals surface area contributed by atoms with Crippen LogP contribution in [0.4, 0.5) is 11.4 Å². The number of anilines is 2. The van der Waals surface area contributed by atoms with Crippen LogP contribution in [0.15, 0.2) is 53.0 Å². The van der Waals surface area contributed by atoms with Crippen molar-refractivity contribution in [2.75, 3.05) is 12.4 Å². The number of halogens is 1. The number of hydrogen-bond donors (Lipinski definition) is 1. The van der Waals surface area contributed by atoms with Crippen LogP contribution in [0.1, 0.15) is 5.69 Å². The number of fused-ring (bicyclic) bond motifs is 1. The molecule has 21 heavy (non-hydrogen) atoms. The van der Waals surface area contributed by atoms with Crippen LogP contribution in [0, 0.1) is 6.92 Å². The molecule has 0 saturated heterocycles. The van der Waals surface area contributed by atoms with Crippen molar-refractivity contribution in [3.05, 3.63) is 58.7 Å². The van der Waals surface area contributed by atoms with Crippen LogP contribution in [-0.2, 0) is 0 Å². The zero-order valence-corrected chi connectivity index (χ0v) is 13.4.